The van der Waals surface area contributed by atoms with E-state index < -0.39 is 25.4 Å². The lowest BCUT2D eigenvalue weighted by molar-refractivity contribution is -0.117. The third-order valence-electron chi connectivity index (χ3n) is 2.72. The van der Waals surface area contributed by atoms with E-state index in [0.29, 0.717) is 0 Å². The van der Waals surface area contributed by atoms with Gasteiger partial charge >= 0.3 is 5.25 Å². The standard InChI is InChI=1S/C13H15F2IO3S/c1-10(17)7-8-11(16)9-13(14,15)20(18,19)12-5-3-2-4-6-12/h2-6,11H,7-9H2,1H3. The molecule has 0 saturated carbocycles. The summed E-state index contributed by atoms with van der Waals surface area (Å²) in [6.07, 6.45) is -0.372. The Hall–Kier alpha value is -0.570. The number of rotatable bonds is 7. The normalized spacial score (nSPS) is 14.0. The molecule has 1 aromatic carbocycles. The smallest absolute Gasteiger partial charge is 0.300 e. The van der Waals surface area contributed by atoms with Crippen LogP contribution in [0, 0.1) is 0 Å². The van der Waals surface area contributed by atoms with Gasteiger partial charge in [-0.25, -0.2) is 8.42 Å². The second kappa shape index (κ2) is 6.93. The van der Waals surface area contributed by atoms with Crippen molar-refractivity contribution in [2.75, 3.05) is 0 Å². The Kier molecular flexibility index (Phi) is 6.06. The number of alkyl halides is 3. The molecule has 7 heteroatoms. The Labute approximate surface area is 130 Å². The van der Waals surface area contributed by atoms with Crippen LogP contribution in [-0.4, -0.2) is 23.4 Å². The summed E-state index contributed by atoms with van der Waals surface area (Å²) < 4.78 is 51.2. The molecule has 0 spiro atoms. The van der Waals surface area contributed by atoms with Crippen LogP contribution in [0.4, 0.5) is 8.78 Å². The van der Waals surface area contributed by atoms with Gasteiger partial charge in [0.05, 0.1) is 4.90 Å². The molecular formula is C13H15F2IO3S. The zero-order valence-electron chi connectivity index (χ0n) is 10.9. The average molecular weight is 416 g/mol. The molecule has 0 N–H and O–H groups in total. The van der Waals surface area contributed by atoms with Gasteiger partial charge in [-0.15, -0.1) is 0 Å². The van der Waals surface area contributed by atoms with Crippen molar-refractivity contribution in [2.24, 2.45) is 0 Å². The van der Waals surface area contributed by atoms with Gasteiger partial charge in [0.1, 0.15) is 5.78 Å². The van der Waals surface area contributed by atoms with Crippen LogP contribution in [0.5, 0.6) is 0 Å². The van der Waals surface area contributed by atoms with Crippen molar-refractivity contribution in [2.45, 2.75) is 40.3 Å². The maximum Gasteiger partial charge on any atom is 0.351 e. The molecule has 0 aliphatic rings. The van der Waals surface area contributed by atoms with E-state index in [4.69, 9.17) is 0 Å². The van der Waals surface area contributed by atoms with Gasteiger partial charge < -0.3 is 4.79 Å². The average Bonchev–Trinajstić information content (AvgIpc) is 2.36. The minimum absolute atomic E-state index is 0.0964. The highest BCUT2D eigenvalue weighted by Crippen LogP contribution is 2.35. The van der Waals surface area contributed by atoms with Crippen LogP contribution in [0.15, 0.2) is 35.2 Å². The van der Waals surface area contributed by atoms with E-state index in [0.717, 1.165) is 12.1 Å². The third-order valence-corrected chi connectivity index (χ3v) is 5.62. The third kappa shape index (κ3) is 4.47. The molecule has 0 fully saturated rings. The predicted molar refractivity (Wildman–Crippen MR) is 80.9 cm³/mol. The summed E-state index contributed by atoms with van der Waals surface area (Å²) in [4.78, 5) is 10.4. The van der Waals surface area contributed by atoms with E-state index in [1.54, 1.807) is 28.7 Å². The SMILES string of the molecule is CC(=O)CCC(I)CC(F)(F)S(=O)(=O)c1ccccc1. The summed E-state index contributed by atoms with van der Waals surface area (Å²) >= 11 is 1.76. The fraction of sp³-hybridized carbons (Fsp3) is 0.462. The van der Waals surface area contributed by atoms with Crippen molar-refractivity contribution in [1.29, 1.82) is 0 Å². The highest BCUT2D eigenvalue weighted by molar-refractivity contribution is 14.1. The molecule has 0 aliphatic carbocycles. The first kappa shape index (κ1) is 17.5. The number of carbonyl (C=O) groups is 1. The van der Waals surface area contributed by atoms with Crippen molar-refractivity contribution >= 4 is 38.2 Å². The minimum atomic E-state index is -4.70. The molecule has 0 radical (unpaired) electrons. The van der Waals surface area contributed by atoms with Crippen LogP contribution in [0.3, 0.4) is 0 Å². The number of Topliss-reactive ketones (excluding diaryl/α,β-unsaturated/α-hetero) is 1. The zero-order chi connectivity index (χ0) is 15.4. The summed E-state index contributed by atoms with van der Waals surface area (Å²) in [6, 6.07) is 6.67. The second-order valence-corrected chi connectivity index (χ2v) is 8.33. The van der Waals surface area contributed by atoms with Gasteiger partial charge in [0, 0.05) is 16.8 Å². The lowest BCUT2D eigenvalue weighted by Crippen LogP contribution is -2.32. The molecule has 1 rings (SSSR count). The Balaban J connectivity index is 2.85. The molecule has 20 heavy (non-hydrogen) atoms. The molecule has 0 aromatic heterocycles. The number of benzene rings is 1. The number of carbonyl (C=O) groups excluding carboxylic acids is 1. The van der Waals surface area contributed by atoms with Crippen LogP contribution in [-0.2, 0) is 14.6 Å². The van der Waals surface area contributed by atoms with Gasteiger partial charge in [0.25, 0.3) is 0 Å². The molecule has 0 saturated heterocycles. The maximum absolute atomic E-state index is 14.0. The largest absolute Gasteiger partial charge is 0.351 e. The van der Waals surface area contributed by atoms with Crippen LogP contribution in [0.2, 0.25) is 0 Å². The van der Waals surface area contributed by atoms with Gasteiger partial charge in [0.2, 0.25) is 9.84 Å². The zero-order valence-corrected chi connectivity index (χ0v) is 13.8. The molecular weight excluding hydrogens is 401 g/mol. The predicted octanol–water partition coefficient (Wildman–Crippen LogP) is 3.62. The molecule has 0 heterocycles. The van der Waals surface area contributed by atoms with Crippen molar-refractivity contribution in [1.82, 2.24) is 0 Å². The summed E-state index contributed by atoms with van der Waals surface area (Å²) in [5.74, 6) is -0.0964. The number of ketones is 1. The lowest BCUT2D eigenvalue weighted by Gasteiger charge is -2.20. The van der Waals surface area contributed by atoms with E-state index in [1.165, 1.54) is 19.1 Å². The van der Waals surface area contributed by atoms with Crippen molar-refractivity contribution in [3.8, 4) is 0 Å². The van der Waals surface area contributed by atoms with Gasteiger partial charge in [0.15, 0.2) is 0 Å². The minimum Gasteiger partial charge on any atom is -0.300 e. The molecule has 1 atom stereocenters. The van der Waals surface area contributed by atoms with Gasteiger partial charge in [-0.05, 0) is 25.5 Å². The van der Waals surface area contributed by atoms with E-state index in [-0.39, 0.29) is 23.5 Å². The summed E-state index contributed by atoms with van der Waals surface area (Å²) in [6.45, 7) is 1.38. The number of halogens is 3. The van der Waals surface area contributed by atoms with Crippen LogP contribution in [0.1, 0.15) is 26.2 Å². The monoisotopic (exact) mass is 416 g/mol. The van der Waals surface area contributed by atoms with Crippen LogP contribution in [0.25, 0.3) is 0 Å². The number of hydrogen-bond acceptors (Lipinski definition) is 3. The summed E-state index contributed by atoms with van der Waals surface area (Å²) in [5, 5.41) is -3.84. The first-order valence-electron chi connectivity index (χ1n) is 5.98. The van der Waals surface area contributed by atoms with Crippen molar-refractivity contribution in [3.05, 3.63) is 30.3 Å². The molecule has 1 unspecified atom stereocenters. The van der Waals surface area contributed by atoms with Gasteiger partial charge in [-0.1, -0.05) is 40.8 Å². The quantitative estimate of drug-likeness (QED) is 0.504. The number of hydrogen-bond donors (Lipinski definition) is 0. The molecule has 0 aliphatic heterocycles. The Bertz CT molecular complexity index is 558. The van der Waals surface area contributed by atoms with E-state index in [1.807, 2.05) is 0 Å². The Morgan fingerprint density at radius 2 is 1.85 bits per heavy atom. The molecule has 3 nitrogen and oxygen atoms in total. The van der Waals surface area contributed by atoms with Crippen LogP contribution >= 0.6 is 22.6 Å². The van der Waals surface area contributed by atoms with Crippen LogP contribution < -0.4 is 0 Å². The summed E-state index contributed by atoms with van der Waals surface area (Å²) in [7, 11) is -4.70. The topological polar surface area (TPSA) is 51.2 Å². The lowest BCUT2D eigenvalue weighted by atomic mass is 10.1. The van der Waals surface area contributed by atoms with Gasteiger partial charge in [-0.2, -0.15) is 8.78 Å². The van der Waals surface area contributed by atoms with Crippen molar-refractivity contribution < 1.29 is 22.0 Å². The fourth-order valence-corrected chi connectivity index (χ4v) is 4.05. The van der Waals surface area contributed by atoms with Crippen molar-refractivity contribution in [3.63, 3.8) is 0 Å². The number of sulfone groups is 1. The molecule has 1 aromatic rings. The highest BCUT2D eigenvalue weighted by atomic mass is 127. The fourth-order valence-electron chi connectivity index (χ4n) is 1.60. The first-order valence-corrected chi connectivity index (χ1v) is 8.70. The molecule has 0 amide bonds. The van der Waals surface area contributed by atoms with E-state index in [2.05, 4.69) is 0 Å². The molecule has 112 valence electrons. The van der Waals surface area contributed by atoms with E-state index in [9.17, 15) is 22.0 Å². The van der Waals surface area contributed by atoms with E-state index >= 15 is 0 Å². The van der Waals surface area contributed by atoms with Gasteiger partial charge in [-0.3, -0.25) is 0 Å². The maximum atomic E-state index is 14.0. The Morgan fingerprint density at radius 1 is 1.30 bits per heavy atom. The Morgan fingerprint density at radius 3 is 2.35 bits per heavy atom. The second-order valence-electron chi connectivity index (χ2n) is 4.50. The first-order chi connectivity index (χ1) is 9.17. The summed E-state index contributed by atoms with van der Waals surface area (Å²) in [5.41, 5.74) is 0. The molecule has 0 bridgehead atoms. The highest BCUT2D eigenvalue weighted by Gasteiger charge is 2.46.